The zero-order chi connectivity index (χ0) is 63.3. The number of ether oxygens (including phenoxy) is 6. The predicted molar refractivity (Wildman–Crippen MR) is 320 cm³/mol. The van der Waals surface area contributed by atoms with Crippen LogP contribution in [0.1, 0.15) is 233 Å². The summed E-state index contributed by atoms with van der Waals surface area (Å²) < 4.78 is 34.7. The molecule has 0 aromatic heterocycles. The molecule has 0 aromatic carbocycles. The van der Waals surface area contributed by atoms with E-state index in [4.69, 9.17) is 28.4 Å². The monoisotopic (exact) mass is 1240 g/mol. The van der Waals surface area contributed by atoms with E-state index in [2.05, 4.69) is 24.5 Å². The lowest BCUT2D eigenvalue weighted by atomic mass is 9.88. The maximum absolute atomic E-state index is 13.3. The highest BCUT2D eigenvalue weighted by Crippen LogP contribution is 2.38. The smallest absolute Gasteiger partial charge is 0.364 e. The summed E-state index contributed by atoms with van der Waals surface area (Å²) in [7, 11) is 0. The van der Waals surface area contributed by atoms with E-state index in [-0.39, 0.29) is 12.3 Å². The predicted octanol–water partition coefficient (Wildman–Crippen LogP) is 4.73. The van der Waals surface area contributed by atoms with Crippen molar-refractivity contribution in [1.29, 1.82) is 0 Å². The van der Waals surface area contributed by atoms with Gasteiger partial charge in [-0.3, -0.25) is 9.59 Å². The van der Waals surface area contributed by atoms with Crippen LogP contribution in [0.3, 0.4) is 0 Å². The molecule has 504 valence electrons. The Hall–Kier alpha value is -2.53. The molecule has 0 radical (unpaired) electrons. The quantitative estimate of drug-likeness (QED) is 0.0289. The number of carbonyl (C=O) groups excluding carboxylic acids is 2. The van der Waals surface area contributed by atoms with Gasteiger partial charge in [0.05, 0.1) is 50.7 Å². The third-order valence-corrected chi connectivity index (χ3v) is 17.0. The number of allylic oxidation sites excluding steroid dienone is 1. The van der Waals surface area contributed by atoms with E-state index in [0.717, 1.165) is 51.9 Å². The fraction of sp³-hybridized carbons (Fsp3) is 0.921. The van der Waals surface area contributed by atoms with Crippen LogP contribution in [0.15, 0.2) is 12.2 Å². The second-order valence-corrected chi connectivity index (χ2v) is 24.3. The summed E-state index contributed by atoms with van der Waals surface area (Å²) in [5.74, 6) is -6.14. The zero-order valence-corrected chi connectivity index (χ0v) is 52.2. The van der Waals surface area contributed by atoms with Crippen molar-refractivity contribution in [2.45, 2.75) is 342 Å². The molecule has 3 fully saturated rings. The van der Waals surface area contributed by atoms with Crippen molar-refractivity contribution in [2.24, 2.45) is 0 Å². The molecule has 0 spiro atoms. The van der Waals surface area contributed by atoms with Gasteiger partial charge in [-0.15, -0.1) is 0 Å². The molecule has 0 aromatic rings. The Labute approximate surface area is 511 Å². The largest absolute Gasteiger partial charge is 0.477 e. The van der Waals surface area contributed by atoms with Gasteiger partial charge >= 0.3 is 5.97 Å². The van der Waals surface area contributed by atoms with Gasteiger partial charge in [0.25, 0.3) is 5.79 Å². The fourth-order valence-electron chi connectivity index (χ4n) is 11.6. The lowest BCUT2D eigenvalue weighted by Crippen LogP contribution is -2.70. The molecule has 2 amide bonds. The van der Waals surface area contributed by atoms with Crippen LogP contribution >= 0.6 is 0 Å². The molecule has 3 rings (SSSR count). The number of carboxylic acid groups (broad SMARTS) is 1. The van der Waals surface area contributed by atoms with Gasteiger partial charge in [-0.1, -0.05) is 206 Å². The van der Waals surface area contributed by atoms with Crippen LogP contribution in [-0.2, 0) is 42.8 Å². The standard InChI is InChI=1S/C63H116N2O21/c1-4-6-8-10-12-14-16-17-18-19-20-21-22-23-24-25-26-27-28-30-32-34-36-45(70)44(65-50(73)37-35-33-31-29-15-13-11-9-7-5-2)42-81-60-55(77)54(76)57(49(41-68)83-60)84-61-56(78)59(53(75)48(40-67)82-61)86-63(62(79)80)38-46(71)51(64-43(3)69)58(85-63)52(74)47(72)39-66/h34,36,44-49,51-61,66-68,70-72,74-78H,4-33,35,37-42H2,1-3H3,(H,64,69)(H,65,73)(H,79,80)/b36-34+. The number of carboxylic acids is 1. The summed E-state index contributed by atoms with van der Waals surface area (Å²) in [4.78, 5) is 38.4. The second-order valence-electron chi connectivity index (χ2n) is 24.3. The van der Waals surface area contributed by atoms with Gasteiger partial charge in [0, 0.05) is 19.8 Å². The molecule has 18 unspecified atom stereocenters. The molecule has 3 aliphatic rings. The number of amides is 2. The van der Waals surface area contributed by atoms with Crippen molar-refractivity contribution in [3.8, 4) is 0 Å². The van der Waals surface area contributed by atoms with Crippen LogP contribution < -0.4 is 10.6 Å². The Morgan fingerprint density at radius 2 is 1.08 bits per heavy atom. The number of carbonyl (C=O) groups is 3. The highest BCUT2D eigenvalue weighted by molar-refractivity contribution is 5.77. The summed E-state index contributed by atoms with van der Waals surface area (Å²) in [5.41, 5.74) is 0. The molecule has 23 heteroatoms. The second kappa shape index (κ2) is 44.9. The SMILES string of the molecule is CCCCCCCCCCCCCCCCCCCCCC/C=C/C(O)C(COC1OC(CO)C(OC2OC(CO)C(O)C(OC3(C(=O)O)CC(O)C(NC(C)=O)C(C(O)C(O)CO)O3)C2O)C(O)C1O)NC(=O)CCCCCCCCCCCC. The zero-order valence-electron chi connectivity index (χ0n) is 52.2. The third kappa shape index (κ3) is 27.9. The maximum atomic E-state index is 13.3. The maximum Gasteiger partial charge on any atom is 0.364 e. The van der Waals surface area contributed by atoms with Gasteiger partial charge in [0.1, 0.15) is 67.1 Å². The van der Waals surface area contributed by atoms with Crippen LogP contribution in [0.5, 0.6) is 0 Å². The van der Waals surface area contributed by atoms with Gasteiger partial charge < -0.3 is 100 Å². The average molecular weight is 1240 g/mol. The van der Waals surface area contributed by atoms with Gasteiger partial charge in [-0.05, 0) is 19.3 Å². The van der Waals surface area contributed by atoms with Crippen LogP contribution in [0.25, 0.3) is 0 Å². The number of rotatable bonds is 49. The molecule has 0 bridgehead atoms. The van der Waals surface area contributed by atoms with Crippen molar-refractivity contribution in [1.82, 2.24) is 10.6 Å². The molecule has 3 aliphatic heterocycles. The molecule has 3 saturated heterocycles. The number of hydrogen-bond donors (Lipinski definition) is 14. The topological polar surface area (TPSA) is 373 Å². The Morgan fingerprint density at radius 1 is 0.605 bits per heavy atom. The number of nitrogens with one attached hydrogen (secondary N) is 2. The first kappa shape index (κ1) is 77.7. The van der Waals surface area contributed by atoms with Crippen molar-refractivity contribution in [2.75, 3.05) is 26.4 Å². The lowest BCUT2D eigenvalue weighted by molar-refractivity contribution is -0.386. The van der Waals surface area contributed by atoms with E-state index in [9.17, 15) is 75.7 Å². The summed E-state index contributed by atoms with van der Waals surface area (Å²) in [6, 6.07) is -2.61. The van der Waals surface area contributed by atoms with E-state index >= 15 is 0 Å². The van der Waals surface area contributed by atoms with E-state index in [1.165, 1.54) is 141 Å². The van der Waals surface area contributed by atoms with Crippen LogP contribution in [0.2, 0.25) is 0 Å². The van der Waals surface area contributed by atoms with Crippen LogP contribution in [-0.4, -0.2) is 215 Å². The van der Waals surface area contributed by atoms with Gasteiger partial charge in [-0.25, -0.2) is 4.79 Å². The number of aliphatic hydroxyl groups excluding tert-OH is 11. The number of aliphatic hydroxyl groups is 11. The highest BCUT2D eigenvalue weighted by Gasteiger charge is 2.60. The first-order valence-corrected chi connectivity index (χ1v) is 33.1. The third-order valence-electron chi connectivity index (χ3n) is 17.0. The fourth-order valence-corrected chi connectivity index (χ4v) is 11.6. The molecule has 86 heavy (non-hydrogen) atoms. The molecule has 3 heterocycles. The Morgan fingerprint density at radius 3 is 1.55 bits per heavy atom. The van der Waals surface area contributed by atoms with E-state index < -0.39 is 155 Å². The first-order valence-electron chi connectivity index (χ1n) is 33.1. The molecular weight excluding hydrogens is 1120 g/mol. The number of unbranched alkanes of at least 4 members (excludes halogenated alkanes) is 29. The normalized spacial score (nSPS) is 29.4. The summed E-state index contributed by atoms with van der Waals surface area (Å²) in [5, 5.41) is 136. The summed E-state index contributed by atoms with van der Waals surface area (Å²) in [6.45, 7) is 2.11. The Balaban J connectivity index is 1.60. The summed E-state index contributed by atoms with van der Waals surface area (Å²) in [6.07, 6.45) is 11.4. The van der Waals surface area contributed by atoms with Gasteiger partial charge in [0.15, 0.2) is 12.6 Å². The minimum Gasteiger partial charge on any atom is -0.477 e. The number of hydrogen-bond acceptors (Lipinski definition) is 20. The highest BCUT2D eigenvalue weighted by atomic mass is 16.8. The Bertz CT molecular complexity index is 1810. The molecule has 14 N–H and O–H groups in total. The Kier molecular flexibility index (Phi) is 40.5. The van der Waals surface area contributed by atoms with Crippen molar-refractivity contribution >= 4 is 17.8 Å². The molecule has 23 nitrogen and oxygen atoms in total. The van der Waals surface area contributed by atoms with Crippen molar-refractivity contribution in [3.63, 3.8) is 0 Å². The molecule has 0 saturated carbocycles. The summed E-state index contributed by atoms with van der Waals surface area (Å²) >= 11 is 0. The van der Waals surface area contributed by atoms with Gasteiger partial charge in [0.2, 0.25) is 11.8 Å². The molecule has 18 atom stereocenters. The van der Waals surface area contributed by atoms with Crippen molar-refractivity contribution in [3.05, 3.63) is 12.2 Å². The van der Waals surface area contributed by atoms with E-state index in [0.29, 0.717) is 12.8 Å². The minimum absolute atomic E-state index is 0.203. The number of aliphatic carboxylic acids is 1. The molecule has 0 aliphatic carbocycles. The lowest BCUT2D eigenvalue weighted by Gasteiger charge is -2.50. The van der Waals surface area contributed by atoms with Crippen LogP contribution in [0.4, 0.5) is 0 Å². The first-order chi connectivity index (χ1) is 41.4. The minimum atomic E-state index is -3.08. The molecular formula is C63H116N2O21. The van der Waals surface area contributed by atoms with Crippen molar-refractivity contribution < 1.29 is 104 Å². The van der Waals surface area contributed by atoms with Crippen LogP contribution in [0, 0.1) is 0 Å². The van der Waals surface area contributed by atoms with E-state index in [1.807, 2.05) is 6.08 Å². The van der Waals surface area contributed by atoms with Gasteiger partial charge in [-0.2, -0.15) is 0 Å². The van der Waals surface area contributed by atoms with E-state index in [1.54, 1.807) is 6.08 Å². The average Bonchev–Trinajstić information content (AvgIpc) is 0.922.